The van der Waals surface area contributed by atoms with Crippen LogP contribution >= 0.6 is 0 Å². The zero-order valence-corrected chi connectivity index (χ0v) is 11.0. The molecule has 0 radical (unpaired) electrons. The molecule has 5 heteroatoms. The fourth-order valence-electron chi connectivity index (χ4n) is 1.89. The van der Waals surface area contributed by atoms with Crippen molar-refractivity contribution in [3.05, 3.63) is 47.5 Å². The van der Waals surface area contributed by atoms with E-state index < -0.39 is 0 Å². The molecule has 0 aliphatic heterocycles. The summed E-state index contributed by atoms with van der Waals surface area (Å²) in [5.74, 6) is 0.861. The number of hydrogen-bond donors (Lipinski definition) is 2. The zero-order valence-electron chi connectivity index (χ0n) is 11.0. The molecule has 0 spiro atoms. The molecule has 0 fully saturated rings. The van der Waals surface area contributed by atoms with Crippen LogP contribution < -0.4 is 5.32 Å². The number of nitrogens with zero attached hydrogens (tertiary/aromatic N) is 2. The number of amides is 1. The van der Waals surface area contributed by atoms with Crippen LogP contribution in [-0.4, -0.2) is 27.6 Å². The van der Waals surface area contributed by atoms with Crippen LogP contribution in [-0.2, 0) is 17.6 Å². The maximum Gasteiger partial charge on any atom is 0.220 e. The second-order valence-corrected chi connectivity index (χ2v) is 4.52. The Bertz CT molecular complexity index is 522. The Labute approximate surface area is 112 Å². The Kier molecular flexibility index (Phi) is 4.66. The Morgan fingerprint density at radius 3 is 3.00 bits per heavy atom. The summed E-state index contributed by atoms with van der Waals surface area (Å²) in [7, 11) is 0. The first-order valence-electron chi connectivity index (χ1n) is 6.40. The lowest BCUT2D eigenvalue weighted by molar-refractivity contribution is -0.121. The fourth-order valence-corrected chi connectivity index (χ4v) is 1.89. The quantitative estimate of drug-likeness (QED) is 0.823. The van der Waals surface area contributed by atoms with E-state index in [-0.39, 0.29) is 5.91 Å². The summed E-state index contributed by atoms with van der Waals surface area (Å²) >= 11 is 0. The molecule has 19 heavy (non-hydrogen) atoms. The molecule has 1 aromatic heterocycles. The summed E-state index contributed by atoms with van der Waals surface area (Å²) in [4.78, 5) is 15.7. The van der Waals surface area contributed by atoms with Crippen LogP contribution in [0.2, 0.25) is 0 Å². The molecule has 0 bridgehead atoms. The number of hydrogen-bond acceptors (Lipinski definition) is 3. The molecule has 5 nitrogen and oxygen atoms in total. The highest BCUT2D eigenvalue weighted by Crippen LogP contribution is 2.06. The maximum absolute atomic E-state index is 11.7. The van der Waals surface area contributed by atoms with Gasteiger partial charge in [-0.2, -0.15) is 5.10 Å². The van der Waals surface area contributed by atoms with E-state index >= 15 is 0 Å². The van der Waals surface area contributed by atoms with Crippen LogP contribution in [0, 0.1) is 6.92 Å². The Balaban J connectivity index is 1.67. The first-order chi connectivity index (χ1) is 9.24. The average molecular weight is 258 g/mol. The van der Waals surface area contributed by atoms with Gasteiger partial charge in [-0.3, -0.25) is 9.89 Å². The normalized spacial score (nSPS) is 10.4. The second-order valence-electron chi connectivity index (χ2n) is 4.52. The number of aromatic amines is 1. The number of aromatic nitrogens is 3. The SMILES string of the molecule is Cc1cccc(CCC(=O)NCCc2ncn[nH]2)c1. The van der Waals surface area contributed by atoms with Crippen LogP contribution in [0.25, 0.3) is 0 Å². The minimum absolute atomic E-state index is 0.0704. The van der Waals surface area contributed by atoms with E-state index in [4.69, 9.17) is 0 Å². The van der Waals surface area contributed by atoms with Crippen molar-refractivity contribution >= 4 is 5.91 Å². The highest BCUT2D eigenvalue weighted by atomic mass is 16.1. The lowest BCUT2D eigenvalue weighted by Gasteiger charge is -2.04. The molecule has 0 saturated carbocycles. The van der Waals surface area contributed by atoms with E-state index in [1.54, 1.807) is 0 Å². The van der Waals surface area contributed by atoms with Gasteiger partial charge in [-0.1, -0.05) is 29.8 Å². The molecule has 0 saturated heterocycles. The average Bonchev–Trinajstić information content (AvgIpc) is 2.90. The Morgan fingerprint density at radius 2 is 2.26 bits per heavy atom. The van der Waals surface area contributed by atoms with Gasteiger partial charge >= 0.3 is 0 Å². The van der Waals surface area contributed by atoms with Crippen molar-refractivity contribution in [2.75, 3.05) is 6.54 Å². The van der Waals surface area contributed by atoms with Crippen LogP contribution in [0.1, 0.15) is 23.4 Å². The largest absolute Gasteiger partial charge is 0.356 e. The van der Waals surface area contributed by atoms with Crippen molar-refractivity contribution in [3.8, 4) is 0 Å². The Hall–Kier alpha value is -2.17. The molecule has 2 rings (SSSR count). The summed E-state index contributed by atoms with van der Waals surface area (Å²) in [6, 6.07) is 8.24. The van der Waals surface area contributed by atoms with Gasteiger partial charge in [-0.15, -0.1) is 0 Å². The summed E-state index contributed by atoms with van der Waals surface area (Å²) < 4.78 is 0. The standard InChI is InChI=1S/C14H18N4O/c1-11-3-2-4-12(9-11)5-6-14(19)15-8-7-13-16-10-17-18-13/h2-4,9-10H,5-8H2,1H3,(H,15,19)(H,16,17,18). The minimum Gasteiger partial charge on any atom is -0.356 e. The van der Waals surface area contributed by atoms with Gasteiger partial charge in [-0.25, -0.2) is 4.98 Å². The second kappa shape index (κ2) is 6.68. The van der Waals surface area contributed by atoms with Gasteiger partial charge in [0.1, 0.15) is 12.2 Å². The molecular weight excluding hydrogens is 240 g/mol. The van der Waals surface area contributed by atoms with E-state index in [0.717, 1.165) is 12.2 Å². The molecule has 0 aliphatic carbocycles. The predicted molar refractivity (Wildman–Crippen MR) is 72.6 cm³/mol. The van der Waals surface area contributed by atoms with Crippen LogP contribution in [0.4, 0.5) is 0 Å². The third kappa shape index (κ3) is 4.54. The summed E-state index contributed by atoms with van der Waals surface area (Å²) in [5, 5.41) is 9.40. The lowest BCUT2D eigenvalue weighted by atomic mass is 10.1. The summed E-state index contributed by atoms with van der Waals surface area (Å²) in [5.41, 5.74) is 2.42. The van der Waals surface area contributed by atoms with Crippen LogP contribution in [0.15, 0.2) is 30.6 Å². The molecule has 0 aliphatic rings. The first kappa shape index (κ1) is 13.3. The van der Waals surface area contributed by atoms with E-state index in [9.17, 15) is 4.79 Å². The van der Waals surface area contributed by atoms with E-state index in [1.165, 1.54) is 17.5 Å². The zero-order chi connectivity index (χ0) is 13.5. The smallest absolute Gasteiger partial charge is 0.220 e. The van der Waals surface area contributed by atoms with E-state index in [2.05, 4.69) is 45.6 Å². The topological polar surface area (TPSA) is 70.7 Å². The number of aryl methyl sites for hydroxylation is 2. The summed E-state index contributed by atoms with van der Waals surface area (Å²) in [6.07, 6.45) is 3.43. The molecule has 1 amide bonds. The fraction of sp³-hybridized carbons (Fsp3) is 0.357. The van der Waals surface area contributed by atoms with Gasteiger partial charge in [0.2, 0.25) is 5.91 Å². The van der Waals surface area contributed by atoms with Gasteiger partial charge in [0.15, 0.2) is 0 Å². The van der Waals surface area contributed by atoms with E-state index in [1.807, 2.05) is 6.07 Å². The number of rotatable bonds is 6. The number of carbonyl (C=O) groups excluding carboxylic acids is 1. The van der Waals surface area contributed by atoms with Gasteiger partial charge in [0.25, 0.3) is 0 Å². The number of benzene rings is 1. The summed E-state index contributed by atoms with van der Waals surface area (Å²) in [6.45, 7) is 2.64. The number of carbonyl (C=O) groups is 1. The van der Waals surface area contributed by atoms with Crippen molar-refractivity contribution in [3.63, 3.8) is 0 Å². The molecule has 2 N–H and O–H groups in total. The first-order valence-corrected chi connectivity index (χ1v) is 6.40. The lowest BCUT2D eigenvalue weighted by Crippen LogP contribution is -2.26. The molecule has 0 unspecified atom stereocenters. The molecule has 1 heterocycles. The highest BCUT2D eigenvalue weighted by Gasteiger charge is 2.03. The van der Waals surface area contributed by atoms with Gasteiger partial charge < -0.3 is 5.32 Å². The molecule has 1 aromatic carbocycles. The molecule has 0 atom stereocenters. The van der Waals surface area contributed by atoms with Crippen molar-refractivity contribution in [1.29, 1.82) is 0 Å². The monoisotopic (exact) mass is 258 g/mol. The van der Waals surface area contributed by atoms with E-state index in [0.29, 0.717) is 19.4 Å². The number of H-pyrrole nitrogens is 1. The predicted octanol–water partition coefficient (Wildman–Crippen LogP) is 1.40. The highest BCUT2D eigenvalue weighted by molar-refractivity contribution is 5.76. The van der Waals surface area contributed by atoms with Gasteiger partial charge in [0.05, 0.1) is 0 Å². The maximum atomic E-state index is 11.7. The molecule has 100 valence electrons. The van der Waals surface area contributed by atoms with Crippen molar-refractivity contribution in [2.45, 2.75) is 26.2 Å². The number of nitrogens with one attached hydrogen (secondary N) is 2. The van der Waals surface area contributed by atoms with Crippen molar-refractivity contribution < 1.29 is 4.79 Å². The van der Waals surface area contributed by atoms with Gasteiger partial charge in [0, 0.05) is 19.4 Å². The van der Waals surface area contributed by atoms with Gasteiger partial charge in [-0.05, 0) is 18.9 Å². The molecular formula is C14H18N4O. The third-order valence-corrected chi connectivity index (χ3v) is 2.87. The minimum atomic E-state index is 0.0704. The Morgan fingerprint density at radius 1 is 1.37 bits per heavy atom. The van der Waals surface area contributed by atoms with Crippen LogP contribution in [0.5, 0.6) is 0 Å². The van der Waals surface area contributed by atoms with Crippen molar-refractivity contribution in [2.24, 2.45) is 0 Å². The van der Waals surface area contributed by atoms with Crippen molar-refractivity contribution in [1.82, 2.24) is 20.5 Å². The molecule has 2 aromatic rings. The van der Waals surface area contributed by atoms with Crippen LogP contribution in [0.3, 0.4) is 0 Å². The third-order valence-electron chi connectivity index (χ3n) is 2.87.